The molecule has 3 rings (SSSR count). The first kappa shape index (κ1) is 11.6. The summed E-state index contributed by atoms with van der Waals surface area (Å²) in [6.07, 6.45) is 2.42. The van der Waals surface area contributed by atoms with Gasteiger partial charge in [0.1, 0.15) is 4.90 Å². The van der Waals surface area contributed by atoms with Gasteiger partial charge in [-0.25, -0.2) is 13.1 Å². The van der Waals surface area contributed by atoms with E-state index in [0.29, 0.717) is 17.0 Å². The van der Waals surface area contributed by atoms with Crippen LogP contribution in [0.1, 0.15) is 13.3 Å². The van der Waals surface area contributed by atoms with Gasteiger partial charge >= 0.3 is 0 Å². The summed E-state index contributed by atoms with van der Waals surface area (Å²) in [5.74, 6) is 0.431. The summed E-state index contributed by atoms with van der Waals surface area (Å²) in [6.45, 7) is 2.03. The number of aromatic nitrogens is 1. The van der Waals surface area contributed by atoms with Crippen molar-refractivity contribution < 1.29 is 8.42 Å². The zero-order valence-electron chi connectivity index (χ0n) is 9.97. The third-order valence-corrected chi connectivity index (χ3v) is 4.90. The molecule has 0 aliphatic heterocycles. The maximum absolute atomic E-state index is 12.2. The van der Waals surface area contributed by atoms with Crippen molar-refractivity contribution in [1.82, 2.24) is 9.71 Å². The number of sulfonamides is 1. The lowest BCUT2D eigenvalue weighted by Gasteiger charge is -2.04. The first-order valence-corrected chi connectivity index (χ1v) is 7.34. The highest BCUT2D eigenvalue weighted by molar-refractivity contribution is 7.89. The van der Waals surface area contributed by atoms with E-state index in [2.05, 4.69) is 9.71 Å². The molecule has 2 aromatic rings. The molecular weight excluding hydrogens is 250 g/mol. The van der Waals surface area contributed by atoms with Crippen molar-refractivity contribution in [3.8, 4) is 0 Å². The molecule has 0 bridgehead atoms. The van der Waals surface area contributed by atoms with Crippen LogP contribution in [0.5, 0.6) is 0 Å². The number of rotatable bonds is 3. The lowest BCUT2D eigenvalue weighted by atomic mass is 10.2. The molecule has 1 aromatic heterocycles. The van der Waals surface area contributed by atoms with Gasteiger partial charge in [-0.3, -0.25) is 0 Å². The van der Waals surface area contributed by atoms with Gasteiger partial charge < -0.3 is 10.7 Å². The minimum Gasteiger partial charge on any atom is -0.399 e. The number of fused-ring (bicyclic) bond motifs is 1. The van der Waals surface area contributed by atoms with E-state index in [-0.39, 0.29) is 10.9 Å². The fraction of sp³-hybridized carbons (Fsp3) is 0.333. The van der Waals surface area contributed by atoms with E-state index in [1.54, 1.807) is 18.2 Å². The Labute approximate surface area is 105 Å². The Kier molecular flexibility index (Phi) is 2.39. The molecule has 1 aliphatic rings. The van der Waals surface area contributed by atoms with Crippen molar-refractivity contribution in [2.24, 2.45) is 5.92 Å². The zero-order valence-corrected chi connectivity index (χ0v) is 10.8. The van der Waals surface area contributed by atoms with Crippen molar-refractivity contribution in [3.63, 3.8) is 0 Å². The van der Waals surface area contributed by atoms with Gasteiger partial charge in [0.05, 0.1) is 0 Å². The molecule has 2 unspecified atom stereocenters. The highest BCUT2D eigenvalue weighted by Gasteiger charge is 2.37. The van der Waals surface area contributed by atoms with Crippen LogP contribution in [0.3, 0.4) is 0 Å². The lowest BCUT2D eigenvalue weighted by Crippen LogP contribution is -2.26. The minimum absolute atomic E-state index is 0.0775. The number of aromatic amines is 1. The molecule has 1 saturated carbocycles. The summed E-state index contributed by atoms with van der Waals surface area (Å²) in [4.78, 5) is 3.23. The van der Waals surface area contributed by atoms with Crippen molar-refractivity contribution >= 4 is 26.6 Å². The Morgan fingerprint density at radius 3 is 2.83 bits per heavy atom. The van der Waals surface area contributed by atoms with E-state index in [0.717, 1.165) is 11.9 Å². The number of nitrogens with two attached hydrogens (primary N) is 1. The van der Waals surface area contributed by atoms with Crippen molar-refractivity contribution in [3.05, 3.63) is 24.4 Å². The quantitative estimate of drug-likeness (QED) is 0.734. The van der Waals surface area contributed by atoms with Gasteiger partial charge in [0.25, 0.3) is 0 Å². The lowest BCUT2D eigenvalue weighted by molar-refractivity contribution is 0.579. The fourth-order valence-electron chi connectivity index (χ4n) is 2.09. The Hall–Kier alpha value is -1.53. The van der Waals surface area contributed by atoms with Crippen LogP contribution < -0.4 is 10.5 Å². The van der Waals surface area contributed by atoms with Crippen molar-refractivity contribution in [1.29, 1.82) is 0 Å². The highest BCUT2D eigenvalue weighted by atomic mass is 32.2. The normalized spacial score (nSPS) is 23.4. The minimum atomic E-state index is -3.45. The average Bonchev–Trinajstić information content (AvgIpc) is 2.81. The van der Waals surface area contributed by atoms with Gasteiger partial charge in [-0.05, 0) is 30.5 Å². The first-order valence-electron chi connectivity index (χ1n) is 5.86. The van der Waals surface area contributed by atoms with Gasteiger partial charge in [-0.1, -0.05) is 6.92 Å². The second-order valence-corrected chi connectivity index (χ2v) is 6.58. The van der Waals surface area contributed by atoms with Gasteiger partial charge in [0.15, 0.2) is 0 Å². The number of hydrogen-bond acceptors (Lipinski definition) is 3. The summed E-state index contributed by atoms with van der Waals surface area (Å²) in [7, 11) is -3.45. The monoisotopic (exact) mass is 265 g/mol. The molecular formula is C12H15N3O2S. The Morgan fingerprint density at radius 2 is 2.17 bits per heavy atom. The molecule has 1 aromatic carbocycles. The average molecular weight is 265 g/mol. The SMILES string of the molecule is CC1CC1NS(=O)(=O)c1c[nH]c2cc(N)ccc12. The third-order valence-electron chi connectivity index (χ3n) is 3.37. The van der Waals surface area contributed by atoms with Crippen LogP contribution >= 0.6 is 0 Å². The van der Waals surface area contributed by atoms with Crippen LogP contribution in [0.25, 0.3) is 10.9 Å². The van der Waals surface area contributed by atoms with E-state index in [9.17, 15) is 8.42 Å². The summed E-state index contributed by atoms with van der Waals surface area (Å²) in [6, 6.07) is 5.24. The van der Waals surface area contributed by atoms with Crippen LogP contribution in [0.4, 0.5) is 5.69 Å². The van der Waals surface area contributed by atoms with E-state index in [4.69, 9.17) is 5.73 Å². The van der Waals surface area contributed by atoms with Crippen LogP contribution in [0.15, 0.2) is 29.3 Å². The summed E-state index contributed by atoms with van der Waals surface area (Å²) < 4.78 is 27.2. The predicted octanol–water partition coefficient (Wildman–Crippen LogP) is 1.44. The molecule has 4 N–H and O–H groups in total. The summed E-state index contributed by atoms with van der Waals surface area (Å²) in [5, 5.41) is 0.671. The molecule has 6 heteroatoms. The Bertz CT molecular complexity index is 705. The first-order chi connectivity index (χ1) is 8.47. The maximum Gasteiger partial charge on any atom is 0.242 e. The number of nitrogens with one attached hydrogen (secondary N) is 2. The molecule has 1 heterocycles. The van der Waals surface area contributed by atoms with Crippen molar-refractivity contribution in [2.45, 2.75) is 24.3 Å². The predicted molar refractivity (Wildman–Crippen MR) is 70.6 cm³/mol. The smallest absolute Gasteiger partial charge is 0.242 e. The molecule has 1 fully saturated rings. The van der Waals surface area contributed by atoms with E-state index in [1.165, 1.54) is 6.20 Å². The van der Waals surface area contributed by atoms with Crippen LogP contribution in [-0.4, -0.2) is 19.4 Å². The number of benzene rings is 1. The largest absolute Gasteiger partial charge is 0.399 e. The second kappa shape index (κ2) is 3.73. The molecule has 2 atom stereocenters. The highest BCUT2D eigenvalue weighted by Crippen LogP contribution is 2.32. The summed E-state index contributed by atoms with van der Waals surface area (Å²) >= 11 is 0. The molecule has 5 nitrogen and oxygen atoms in total. The van der Waals surface area contributed by atoms with Crippen molar-refractivity contribution in [2.75, 3.05) is 5.73 Å². The molecule has 18 heavy (non-hydrogen) atoms. The zero-order chi connectivity index (χ0) is 12.9. The summed E-state index contributed by atoms with van der Waals surface area (Å²) in [5.41, 5.74) is 7.01. The number of H-pyrrole nitrogens is 1. The molecule has 0 amide bonds. The Morgan fingerprint density at radius 1 is 1.44 bits per heavy atom. The van der Waals surface area contributed by atoms with Crippen LogP contribution in [-0.2, 0) is 10.0 Å². The van der Waals surface area contributed by atoms with Gasteiger partial charge in [0, 0.05) is 28.8 Å². The molecule has 1 aliphatic carbocycles. The standard InChI is InChI=1S/C12H15N3O2S/c1-7-4-10(7)15-18(16,17)12-6-14-11-5-8(13)2-3-9(11)12/h2-3,5-7,10,14-15H,4,13H2,1H3. The topological polar surface area (TPSA) is 88.0 Å². The van der Waals surface area contributed by atoms with Crippen LogP contribution in [0.2, 0.25) is 0 Å². The second-order valence-electron chi connectivity index (χ2n) is 4.90. The molecule has 0 saturated heterocycles. The van der Waals surface area contributed by atoms with Gasteiger partial charge in [-0.15, -0.1) is 0 Å². The maximum atomic E-state index is 12.2. The number of nitrogen functional groups attached to an aromatic ring is 1. The molecule has 0 spiro atoms. The van der Waals surface area contributed by atoms with Crippen LogP contribution in [0, 0.1) is 5.92 Å². The van der Waals surface area contributed by atoms with E-state index < -0.39 is 10.0 Å². The fourth-order valence-corrected chi connectivity index (χ4v) is 3.62. The van der Waals surface area contributed by atoms with E-state index >= 15 is 0 Å². The van der Waals surface area contributed by atoms with E-state index in [1.807, 2.05) is 6.92 Å². The number of anilines is 1. The third kappa shape index (κ3) is 1.87. The molecule has 96 valence electrons. The van der Waals surface area contributed by atoms with Gasteiger partial charge in [0.2, 0.25) is 10.0 Å². The Balaban J connectivity index is 2.03. The number of hydrogen-bond donors (Lipinski definition) is 3. The molecule has 0 radical (unpaired) electrons. The van der Waals surface area contributed by atoms with Gasteiger partial charge in [-0.2, -0.15) is 0 Å².